The van der Waals surface area contributed by atoms with E-state index in [9.17, 15) is 4.79 Å². The number of carbonyl (C=O) groups excluding carboxylic acids is 1. The van der Waals surface area contributed by atoms with E-state index in [1.165, 1.54) is 0 Å². The lowest BCUT2D eigenvalue weighted by Crippen LogP contribution is -2.44. The maximum absolute atomic E-state index is 12.4. The Kier molecular flexibility index (Phi) is 4.87. The van der Waals surface area contributed by atoms with Crippen molar-refractivity contribution in [3.8, 4) is 0 Å². The van der Waals surface area contributed by atoms with Crippen molar-refractivity contribution in [1.82, 2.24) is 9.80 Å². The number of amides is 1. The van der Waals surface area contributed by atoms with Crippen molar-refractivity contribution in [2.45, 2.75) is 18.9 Å². The minimum absolute atomic E-state index is 0.0756. The van der Waals surface area contributed by atoms with Crippen molar-refractivity contribution < 1.29 is 4.79 Å². The van der Waals surface area contributed by atoms with Gasteiger partial charge in [0.05, 0.1) is 5.02 Å². The Morgan fingerprint density at radius 2 is 2.00 bits per heavy atom. The normalized spacial score (nSPS) is 17.0. The summed E-state index contributed by atoms with van der Waals surface area (Å²) >= 11 is 9.37. The van der Waals surface area contributed by atoms with Crippen LogP contribution in [-0.2, 0) is 0 Å². The molecule has 0 bridgehead atoms. The summed E-state index contributed by atoms with van der Waals surface area (Å²) in [5, 5.41) is 0.578. The number of carbonyl (C=O) groups is 1. The Morgan fingerprint density at radius 1 is 1.37 bits per heavy atom. The first-order chi connectivity index (χ1) is 8.99. The lowest BCUT2D eigenvalue weighted by molar-refractivity contribution is 0.0663. The van der Waals surface area contributed by atoms with Gasteiger partial charge in [0, 0.05) is 29.2 Å². The lowest BCUT2D eigenvalue weighted by atomic mass is 10.0. The third-order valence-electron chi connectivity index (χ3n) is 3.65. The highest BCUT2D eigenvalue weighted by Crippen LogP contribution is 2.24. The zero-order valence-electron chi connectivity index (χ0n) is 11.2. The first kappa shape index (κ1) is 14.8. The fraction of sp³-hybridized carbons (Fsp3) is 0.500. The molecule has 0 aromatic heterocycles. The van der Waals surface area contributed by atoms with Gasteiger partial charge in [0.2, 0.25) is 0 Å². The summed E-state index contributed by atoms with van der Waals surface area (Å²) in [4.78, 5) is 16.5. The molecule has 104 valence electrons. The smallest absolute Gasteiger partial charge is 0.253 e. The Bertz CT molecular complexity index is 471. The number of halogens is 2. The maximum Gasteiger partial charge on any atom is 0.253 e. The molecule has 1 aliphatic rings. The van der Waals surface area contributed by atoms with Crippen molar-refractivity contribution in [3.63, 3.8) is 0 Å². The van der Waals surface area contributed by atoms with E-state index in [1.54, 1.807) is 6.07 Å². The Balaban J connectivity index is 2.03. The standard InChI is InChI=1S/C14H18BrClN2O/c1-17(2)11-5-7-18(8-6-11)14(19)10-3-4-12(15)13(16)9-10/h3-4,9,11H,5-8H2,1-2H3. The Hall–Kier alpha value is -0.580. The average molecular weight is 346 g/mol. The summed E-state index contributed by atoms with van der Waals surface area (Å²) in [6, 6.07) is 5.95. The van der Waals surface area contributed by atoms with Gasteiger partial charge in [-0.3, -0.25) is 4.79 Å². The third kappa shape index (κ3) is 3.50. The summed E-state index contributed by atoms with van der Waals surface area (Å²) in [7, 11) is 4.19. The first-order valence-corrected chi connectivity index (χ1v) is 7.57. The minimum Gasteiger partial charge on any atom is -0.339 e. The van der Waals surface area contributed by atoms with E-state index >= 15 is 0 Å². The minimum atomic E-state index is 0.0756. The predicted octanol–water partition coefficient (Wildman–Crippen LogP) is 3.27. The van der Waals surface area contributed by atoms with E-state index in [0.717, 1.165) is 30.4 Å². The van der Waals surface area contributed by atoms with Crippen LogP contribution in [0.1, 0.15) is 23.2 Å². The summed E-state index contributed by atoms with van der Waals surface area (Å²) in [5.41, 5.74) is 0.663. The molecule has 1 saturated heterocycles. The van der Waals surface area contributed by atoms with Crippen molar-refractivity contribution >= 4 is 33.4 Å². The van der Waals surface area contributed by atoms with Crippen LogP contribution in [0.5, 0.6) is 0 Å². The highest BCUT2D eigenvalue weighted by atomic mass is 79.9. The van der Waals surface area contributed by atoms with Crippen molar-refractivity contribution in [3.05, 3.63) is 33.3 Å². The van der Waals surface area contributed by atoms with E-state index in [1.807, 2.05) is 17.0 Å². The molecule has 1 aromatic carbocycles. The number of hydrogen-bond acceptors (Lipinski definition) is 2. The third-order valence-corrected chi connectivity index (χ3v) is 4.88. The van der Waals surface area contributed by atoms with Crippen molar-refractivity contribution in [1.29, 1.82) is 0 Å². The Labute approximate surface area is 127 Å². The molecule has 19 heavy (non-hydrogen) atoms. The van der Waals surface area contributed by atoms with Gasteiger partial charge in [0.25, 0.3) is 5.91 Å². The van der Waals surface area contributed by atoms with Crippen LogP contribution in [0.15, 0.2) is 22.7 Å². The number of piperidine rings is 1. The molecule has 3 nitrogen and oxygen atoms in total. The highest BCUT2D eigenvalue weighted by Gasteiger charge is 2.24. The van der Waals surface area contributed by atoms with Gasteiger partial charge in [-0.1, -0.05) is 11.6 Å². The fourth-order valence-corrected chi connectivity index (χ4v) is 2.82. The summed E-state index contributed by atoms with van der Waals surface area (Å²) < 4.78 is 0.817. The van der Waals surface area contributed by atoms with Gasteiger partial charge < -0.3 is 9.80 Å². The van der Waals surface area contributed by atoms with Crippen LogP contribution in [0.4, 0.5) is 0 Å². The number of nitrogens with zero attached hydrogens (tertiary/aromatic N) is 2. The zero-order chi connectivity index (χ0) is 14.0. The molecule has 0 radical (unpaired) electrons. The zero-order valence-corrected chi connectivity index (χ0v) is 13.5. The average Bonchev–Trinajstić information content (AvgIpc) is 2.41. The number of hydrogen-bond donors (Lipinski definition) is 0. The Morgan fingerprint density at radius 3 is 2.53 bits per heavy atom. The number of likely N-dealkylation sites (tertiary alicyclic amines) is 1. The molecule has 0 unspecified atom stereocenters. The van der Waals surface area contributed by atoms with Crippen LogP contribution in [0, 0.1) is 0 Å². The number of rotatable bonds is 2. The monoisotopic (exact) mass is 344 g/mol. The second kappa shape index (κ2) is 6.25. The quantitative estimate of drug-likeness (QED) is 0.821. The van der Waals surface area contributed by atoms with Crippen molar-refractivity contribution in [2.75, 3.05) is 27.2 Å². The van der Waals surface area contributed by atoms with Crippen LogP contribution in [0.25, 0.3) is 0 Å². The van der Waals surface area contributed by atoms with E-state index in [-0.39, 0.29) is 5.91 Å². The molecule has 1 heterocycles. The largest absolute Gasteiger partial charge is 0.339 e. The second-order valence-corrected chi connectivity index (χ2v) is 6.38. The molecule has 1 aromatic rings. The molecule has 5 heteroatoms. The first-order valence-electron chi connectivity index (χ1n) is 6.40. The van der Waals surface area contributed by atoms with Crippen LogP contribution in [-0.4, -0.2) is 48.9 Å². The molecule has 0 N–H and O–H groups in total. The molecule has 1 fully saturated rings. The second-order valence-electron chi connectivity index (χ2n) is 5.12. The number of benzene rings is 1. The van der Waals surface area contributed by atoms with Crippen molar-refractivity contribution in [2.24, 2.45) is 0 Å². The SMILES string of the molecule is CN(C)C1CCN(C(=O)c2ccc(Br)c(Cl)c2)CC1. The van der Waals surface area contributed by atoms with Crippen LogP contribution in [0.2, 0.25) is 5.02 Å². The van der Waals surface area contributed by atoms with E-state index in [2.05, 4.69) is 34.9 Å². The maximum atomic E-state index is 12.4. The van der Waals surface area contributed by atoms with Crippen LogP contribution >= 0.6 is 27.5 Å². The van der Waals surface area contributed by atoms with Gasteiger partial charge in [-0.25, -0.2) is 0 Å². The molecule has 0 saturated carbocycles. The molecule has 2 rings (SSSR count). The van der Waals surface area contributed by atoms with E-state index in [0.29, 0.717) is 16.6 Å². The molecule has 0 spiro atoms. The van der Waals surface area contributed by atoms with E-state index < -0.39 is 0 Å². The van der Waals surface area contributed by atoms with E-state index in [4.69, 9.17) is 11.6 Å². The van der Waals surface area contributed by atoms with Crippen LogP contribution in [0.3, 0.4) is 0 Å². The molecule has 0 atom stereocenters. The molecule has 0 aliphatic carbocycles. The van der Waals surface area contributed by atoms with Gasteiger partial charge >= 0.3 is 0 Å². The summed E-state index contributed by atoms with van der Waals surface area (Å²) in [5.74, 6) is 0.0756. The predicted molar refractivity (Wildman–Crippen MR) is 81.8 cm³/mol. The lowest BCUT2D eigenvalue weighted by Gasteiger charge is -2.35. The molecule has 1 amide bonds. The van der Waals surface area contributed by atoms with Gasteiger partial charge in [-0.15, -0.1) is 0 Å². The molecule has 1 aliphatic heterocycles. The van der Waals surface area contributed by atoms with Gasteiger partial charge in [-0.05, 0) is 61.1 Å². The highest BCUT2D eigenvalue weighted by molar-refractivity contribution is 9.10. The molecular weight excluding hydrogens is 328 g/mol. The topological polar surface area (TPSA) is 23.6 Å². The summed E-state index contributed by atoms with van der Waals surface area (Å²) in [6.07, 6.45) is 2.06. The molecular formula is C14H18BrClN2O. The fourth-order valence-electron chi connectivity index (χ4n) is 2.40. The van der Waals surface area contributed by atoms with Gasteiger partial charge in [0.1, 0.15) is 0 Å². The van der Waals surface area contributed by atoms with Crippen LogP contribution < -0.4 is 0 Å². The van der Waals surface area contributed by atoms with Gasteiger partial charge in [-0.2, -0.15) is 0 Å². The summed E-state index contributed by atoms with van der Waals surface area (Å²) in [6.45, 7) is 1.63. The van der Waals surface area contributed by atoms with Gasteiger partial charge in [0.15, 0.2) is 0 Å².